The van der Waals surface area contributed by atoms with Crippen molar-refractivity contribution in [3.63, 3.8) is 0 Å². The first-order valence-electron chi connectivity index (χ1n) is 9.00. The molecule has 0 N–H and O–H groups in total. The molecule has 1 aromatic rings. The molecule has 0 spiro atoms. The van der Waals surface area contributed by atoms with E-state index in [0.717, 1.165) is 52.4 Å². The normalized spacial score (nSPS) is 23.8. The van der Waals surface area contributed by atoms with Gasteiger partial charge in [0.2, 0.25) is 5.91 Å². The molecule has 3 rings (SSSR count). The van der Waals surface area contributed by atoms with Crippen LogP contribution in [-0.2, 0) is 16.1 Å². The van der Waals surface area contributed by atoms with Gasteiger partial charge in [0.05, 0.1) is 19.1 Å². The standard InChI is InChI=1S/C18H29N3O2S/c1-15(2)21-9-10-23-16(13-21)12-18(22)20-7-5-19(6-8-20)14-17-4-3-11-24-17/h3-4,11,15-16H,5-10,12-14H2,1-2H3/t16-/m1/s1. The summed E-state index contributed by atoms with van der Waals surface area (Å²) in [6, 6.07) is 4.81. The van der Waals surface area contributed by atoms with E-state index < -0.39 is 0 Å². The van der Waals surface area contributed by atoms with Gasteiger partial charge in [-0.1, -0.05) is 6.07 Å². The van der Waals surface area contributed by atoms with E-state index in [4.69, 9.17) is 4.74 Å². The molecule has 2 aliphatic heterocycles. The van der Waals surface area contributed by atoms with Gasteiger partial charge in [-0.15, -0.1) is 11.3 Å². The molecular weight excluding hydrogens is 322 g/mol. The molecule has 24 heavy (non-hydrogen) atoms. The monoisotopic (exact) mass is 351 g/mol. The Hall–Kier alpha value is -0.950. The smallest absolute Gasteiger partial charge is 0.225 e. The van der Waals surface area contributed by atoms with Gasteiger partial charge >= 0.3 is 0 Å². The minimum atomic E-state index is 0.0535. The van der Waals surface area contributed by atoms with E-state index in [-0.39, 0.29) is 12.0 Å². The Morgan fingerprint density at radius 3 is 2.75 bits per heavy atom. The Bertz CT molecular complexity index is 512. The summed E-state index contributed by atoms with van der Waals surface area (Å²) >= 11 is 1.81. The van der Waals surface area contributed by atoms with Crippen molar-refractivity contribution in [2.24, 2.45) is 0 Å². The van der Waals surface area contributed by atoms with Gasteiger partial charge in [0.25, 0.3) is 0 Å². The molecule has 1 atom stereocenters. The summed E-state index contributed by atoms with van der Waals surface area (Å²) in [5.41, 5.74) is 0. The average Bonchev–Trinajstić information content (AvgIpc) is 3.08. The van der Waals surface area contributed by atoms with Crippen LogP contribution in [0.15, 0.2) is 17.5 Å². The summed E-state index contributed by atoms with van der Waals surface area (Å²) in [6.45, 7) is 11.6. The van der Waals surface area contributed by atoms with Crippen LogP contribution in [0.5, 0.6) is 0 Å². The van der Waals surface area contributed by atoms with Crippen LogP contribution in [0.25, 0.3) is 0 Å². The Labute approximate surface area is 149 Å². The lowest BCUT2D eigenvalue weighted by Crippen LogP contribution is -2.51. The van der Waals surface area contributed by atoms with E-state index in [2.05, 4.69) is 41.2 Å². The number of carbonyl (C=O) groups is 1. The molecule has 0 aromatic carbocycles. The van der Waals surface area contributed by atoms with E-state index in [9.17, 15) is 4.79 Å². The molecule has 1 aromatic heterocycles. The second kappa shape index (κ2) is 8.43. The van der Waals surface area contributed by atoms with Crippen LogP contribution in [0.4, 0.5) is 0 Å². The zero-order valence-electron chi connectivity index (χ0n) is 14.8. The van der Waals surface area contributed by atoms with Crippen molar-refractivity contribution >= 4 is 17.2 Å². The number of carbonyl (C=O) groups excluding carboxylic acids is 1. The van der Waals surface area contributed by atoms with E-state index in [1.165, 1.54) is 4.88 Å². The summed E-state index contributed by atoms with van der Waals surface area (Å²) in [7, 11) is 0. The van der Waals surface area contributed by atoms with Crippen LogP contribution in [0.1, 0.15) is 25.1 Å². The van der Waals surface area contributed by atoms with Crippen LogP contribution >= 0.6 is 11.3 Å². The minimum absolute atomic E-state index is 0.0535. The topological polar surface area (TPSA) is 36.0 Å². The zero-order chi connectivity index (χ0) is 16.9. The van der Waals surface area contributed by atoms with E-state index in [0.29, 0.717) is 12.5 Å². The molecule has 134 valence electrons. The molecule has 2 saturated heterocycles. The van der Waals surface area contributed by atoms with Crippen LogP contribution < -0.4 is 0 Å². The van der Waals surface area contributed by atoms with Crippen molar-refractivity contribution in [1.29, 1.82) is 0 Å². The van der Waals surface area contributed by atoms with Gasteiger partial charge in [0.15, 0.2) is 0 Å². The van der Waals surface area contributed by atoms with Gasteiger partial charge in [0, 0.05) is 56.7 Å². The third-order valence-electron chi connectivity index (χ3n) is 4.99. The zero-order valence-corrected chi connectivity index (χ0v) is 15.6. The summed E-state index contributed by atoms with van der Waals surface area (Å²) in [6.07, 6.45) is 0.575. The molecule has 0 aliphatic carbocycles. The van der Waals surface area contributed by atoms with Gasteiger partial charge in [-0.2, -0.15) is 0 Å². The third-order valence-corrected chi connectivity index (χ3v) is 5.85. The molecule has 0 radical (unpaired) electrons. The third kappa shape index (κ3) is 4.79. The Balaban J connectivity index is 1.42. The number of amides is 1. The first kappa shape index (κ1) is 17.9. The maximum Gasteiger partial charge on any atom is 0.225 e. The SMILES string of the molecule is CC(C)N1CCO[C@H](CC(=O)N2CCN(Cc3cccs3)CC2)C1. The van der Waals surface area contributed by atoms with E-state index in [1.807, 2.05) is 4.90 Å². The highest BCUT2D eigenvalue weighted by molar-refractivity contribution is 7.09. The second-order valence-electron chi connectivity index (χ2n) is 7.02. The molecule has 0 bridgehead atoms. The van der Waals surface area contributed by atoms with Crippen LogP contribution in [0.3, 0.4) is 0 Å². The highest BCUT2D eigenvalue weighted by atomic mass is 32.1. The number of hydrogen-bond acceptors (Lipinski definition) is 5. The first-order valence-corrected chi connectivity index (χ1v) is 9.88. The number of thiophene rings is 1. The van der Waals surface area contributed by atoms with Crippen molar-refractivity contribution in [1.82, 2.24) is 14.7 Å². The quantitative estimate of drug-likeness (QED) is 0.812. The molecule has 2 fully saturated rings. The number of hydrogen-bond donors (Lipinski definition) is 0. The molecule has 5 nitrogen and oxygen atoms in total. The van der Waals surface area contributed by atoms with E-state index >= 15 is 0 Å². The summed E-state index contributed by atoms with van der Waals surface area (Å²) in [5.74, 6) is 0.251. The van der Waals surface area contributed by atoms with Gasteiger partial charge in [-0.05, 0) is 25.3 Å². The molecule has 6 heteroatoms. The van der Waals surface area contributed by atoms with Crippen LogP contribution in [-0.4, -0.2) is 78.6 Å². The maximum atomic E-state index is 12.6. The Morgan fingerprint density at radius 1 is 1.29 bits per heavy atom. The van der Waals surface area contributed by atoms with Gasteiger partial charge in [-0.25, -0.2) is 0 Å². The van der Waals surface area contributed by atoms with Gasteiger partial charge in [-0.3, -0.25) is 14.6 Å². The fraction of sp³-hybridized carbons (Fsp3) is 0.722. The van der Waals surface area contributed by atoms with Crippen molar-refractivity contribution in [2.75, 3.05) is 45.9 Å². The lowest BCUT2D eigenvalue weighted by Gasteiger charge is -2.38. The first-order chi connectivity index (χ1) is 11.6. The maximum absolute atomic E-state index is 12.6. The number of nitrogens with zero attached hydrogens (tertiary/aromatic N) is 3. The van der Waals surface area contributed by atoms with Crippen molar-refractivity contribution < 1.29 is 9.53 Å². The number of morpholine rings is 1. The van der Waals surface area contributed by atoms with Crippen molar-refractivity contribution in [3.05, 3.63) is 22.4 Å². The fourth-order valence-electron chi connectivity index (χ4n) is 3.44. The largest absolute Gasteiger partial charge is 0.375 e. The van der Waals surface area contributed by atoms with Crippen LogP contribution in [0.2, 0.25) is 0 Å². The molecule has 0 unspecified atom stereocenters. The average molecular weight is 352 g/mol. The molecule has 2 aliphatic rings. The lowest BCUT2D eigenvalue weighted by atomic mass is 10.1. The molecular formula is C18H29N3O2S. The highest BCUT2D eigenvalue weighted by Crippen LogP contribution is 2.16. The van der Waals surface area contributed by atoms with Gasteiger partial charge in [0.1, 0.15) is 0 Å². The molecule has 0 saturated carbocycles. The minimum Gasteiger partial charge on any atom is -0.375 e. The summed E-state index contributed by atoms with van der Waals surface area (Å²) in [4.78, 5) is 20.8. The van der Waals surface area contributed by atoms with Crippen molar-refractivity contribution in [3.8, 4) is 0 Å². The predicted octanol–water partition coefficient (Wildman–Crippen LogP) is 1.89. The number of ether oxygens (including phenoxy) is 1. The molecule has 3 heterocycles. The van der Waals surface area contributed by atoms with Gasteiger partial charge < -0.3 is 9.64 Å². The number of piperazine rings is 1. The highest BCUT2D eigenvalue weighted by Gasteiger charge is 2.28. The summed E-state index contributed by atoms with van der Waals surface area (Å²) < 4.78 is 5.81. The number of rotatable bonds is 5. The van der Waals surface area contributed by atoms with Crippen molar-refractivity contribution in [2.45, 2.75) is 39.0 Å². The molecule has 1 amide bonds. The van der Waals surface area contributed by atoms with Crippen LogP contribution in [0, 0.1) is 0 Å². The Morgan fingerprint density at radius 2 is 2.08 bits per heavy atom. The van der Waals surface area contributed by atoms with E-state index in [1.54, 1.807) is 11.3 Å². The summed E-state index contributed by atoms with van der Waals surface area (Å²) in [5, 5.41) is 2.12. The second-order valence-corrected chi connectivity index (χ2v) is 8.05. The Kier molecular flexibility index (Phi) is 6.27. The predicted molar refractivity (Wildman–Crippen MR) is 97.2 cm³/mol. The lowest BCUT2D eigenvalue weighted by molar-refractivity contribution is -0.138. The fourth-order valence-corrected chi connectivity index (χ4v) is 4.18.